The van der Waals surface area contributed by atoms with Gasteiger partial charge < -0.3 is 34.5 Å². The van der Waals surface area contributed by atoms with Crippen molar-refractivity contribution in [3.05, 3.63) is 47.5 Å². The van der Waals surface area contributed by atoms with Crippen LogP contribution in [0, 0.1) is 0 Å². The highest BCUT2D eigenvalue weighted by molar-refractivity contribution is 5.79. The summed E-state index contributed by atoms with van der Waals surface area (Å²) in [6.45, 7) is 1.73. The van der Waals surface area contributed by atoms with Crippen LogP contribution in [-0.2, 0) is 6.42 Å². The lowest BCUT2D eigenvalue weighted by Gasteiger charge is -2.26. The van der Waals surface area contributed by atoms with E-state index in [9.17, 15) is 0 Å². The molecule has 8 nitrogen and oxygen atoms in total. The fourth-order valence-corrected chi connectivity index (χ4v) is 3.49. The number of methoxy groups -OCH3 is 2. The fraction of sp³-hybridized carbons (Fsp3) is 0.435. The first-order chi connectivity index (χ1) is 15.0. The number of guanidine groups is 1. The molecule has 0 radical (unpaired) electrons. The van der Waals surface area contributed by atoms with Crippen LogP contribution in [0.4, 0.5) is 0 Å². The Morgan fingerprint density at radius 3 is 2.52 bits per heavy atom. The van der Waals surface area contributed by atoms with Crippen molar-refractivity contribution in [3.63, 3.8) is 0 Å². The van der Waals surface area contributed by atoms with Gasteiger partial charge in [0, 0.05) is 20.1 Å². The van der Waals surface area contributed by atoms with Gasteiger partial charge in [-0.25, -0.2) is 0 Å². The molecule has 0 aliphatic carbocycles. The number of hydrogen-bond donors (Lipinski definition) is 2. The van der Waals surface area contributed by atoms with Gasteiger partial charge in [-0.2, -0.15) is 0 Å². The zero-order valence-electron chi connectivity index (χ0n) is 18.9. The fourth-order valence-electron chi connectivity index (χ4n) is 3.49. The van der Waals surface area contributed by atoms with Crippen LogP contribution in [0.25, 0.3) is 0 Å². The third kappa shape index (κ3) is 5.73. The normalized spacial score (nSPS) is 13.8. The summed E-state index contributed by atoms with van der Waals surface area (Å²) in [4.78, 5) is 6.51. The van der Waals surface area contributed by atoms with Crippen molar-refractivity contribution in [1.82, 2.24) is 15.5 Å². The van der Waals surface area contributed by atoms with Gasteiger partial charge in [-0.15, -0.1) is 0 Å². The van der Waals surface area contributed by atoms with Gasteiger partial charge in [0.1, 0.15) is 0 Å². The molecular weight excluding hydrogens is 396 g/mol. The lowest BCUT2D eigenvalue weighted by Crippen LogP contribution is -2.42. The summed E-state index contributed by atoms with van der Waals surface area (Å²) in [7, 11) is 9.17. The number of hydrogen-bond acceptors (Lipinski definition) is 6. The second kappa shape index (κ2) is 10.8. The van der Waals surface area contributed by atoms with Gasteiger partial charge in [-0.1, -0.05) is 12.1 Å². The van der Waals surface area contributed by atoms with Gasteiger partial charge >= 0.3 is 0 Å². The van der Waals surface area contributed by atoms with Crippen LogP contribution in [0.15, 0.2) is 41.4 Å². The van der Waals surface area contributed by atoms with Crippen molar-refractivity contribution in [1.29, 1.82) is 0 Å². The summed E-state index contributed by atoms with van der Waals surface area (Å²) in [6.07, 6.45) is 0.851. The molecule has 0 spiro atoms. The van der Waals surface area contributed by atoms with Gasteiger partial charge in [0.15, 0.2) is 29.0 Å². The highest BCUT2D eigenvalue weighted by atomic mass is 16.7. The molecular formula is C23H32N4O4. The summed E-state index contributed by atoms with van der Waals surface area (Å²) in [5.41, 5.74) is 2.31. The van der Waals surface area contributed by atoms with Gasteiger partial charge in [-0.05, 0) is 55.9 Å². The molecule has 1 atom stereocenters. The van der Waals surface area contributed by atoms with E-state index in [-0.39, 0.29) is 6.04 Å². The van der Waals surface area contributed by atoms with E-state index >= 15 is 0 Å². The van der Waals surface area contributed by atoms with E-state index in [1.807, 2.05) is 24.3 Å². The molecule has 1 aliphatic rings. The van der Waals surface area contributed by atoms with Crippen LogP contribution in [0.2, 0.25) is 0 Å². The number of benzene rings is 2. The minimum Gasteiger partial charge on any atom is -0.493 e. The Balaban J connectivity index is 1.55. The molecule has 0 bridgehead atoms. The number of ether oxygens (including phenoxy) is 4. The molecule has 8 heteroatoms. The quantitative estimate of drug-likeness (QED) is 0.469. The Hall–Kier alpha value is -3.13. The van der Waals surface area contributed by atoms with Crippen molar-refractivity contribution in [3.8, 4) is 23.0 Å². The molecule has 1 unspecified atom stereocenters. The van der Waals surface area contributed by atoms with Crippen molar-refractivity contribution >= 4 is 5.96 Å². The van der Waals surface area contributed by atoms with E-state index in [0.717, 1.165) is 47.5 Å². The van der Waals surface area contributed by atoms with E-state index < -0.39 is 0 Å². The maximum absolute atomic E-state index is 5.46. The van der Waals surface area contributed by atoms with Crippen LogP contribution >= 0.6 is 0 Å². The molecule has 2 aromatic carbocycles. The van der Waals surface area contributed by atoms with Crippen molar-refractivity contribution < 1.29 is 18.9 Å². The third-order valence-electron chi connectivity index (χ3n) is 5.25. The first-order valence-electron chi connectivity index (χ1n) is 10.3. The summed E-state index contributed by atoms with van der Waals surface area (Å²) < 4.78 is 21.6. The van der Waals surface area contributed by atoms with E-state index in [1.165, 1.54) is 5.56 Å². The van der Waals surface area contributed by atoms with E-state index in [0.29, 0.717) is 13.3 Å². The van der Waals surface area contributed by atoms with Gasteiger partial charge in [0.25, 0.3) is 0 Å². The second-order valence-electron chi connectivity index (χ2n) is 7.41. The number of nitrogens with one attached hydrogen (secondary N) is 2. The van der Waals surface area contributed by atoms with Gasteiger partial charge in [0.2, 0.25) is 6.79 Å². The Morgan fingerprint density at radius 2 is 1.81 bits per heavy atom. The van der Waals surface area contributed by atoms with Crippen molar-refractivity contribution in [2.45, 2.75) is 12.5 Å². The van der Waals surface area contributed by atoms with E-state index in [2.05, 4.69) is 46.8 Å². The zero-order chi connectivity index (χ0) is 22.2. The average molecular weight is 429 g/mol. The first-order valence-corrected chi connectivity index (χ1v) is 10.3. The summed E-state index contributed by atoms with van der Waals surface area (Å²) in [5.74, 6) is 3.81. The predicted octanol–water partition coefficient (Wildman–Crippen LogP) is 2.44. The molecule has 2 aromatic rings. The number of nitrogens with zero attached hydrogens (tertiary/aromatic N) is 2. The smallest absolute Gasteiger partial charge is 0.231 e. The van der Waals surface area contributed by atoms with Crippen LogP contribution in [0.5, 0.6) is 23.0 Å². The largest absolute Gasteiger partial charge is 0.493 e. The van der Waals surface area contributed by atoms with Gasteiger partial charge in [-0.3, -0.25) is 4.99 Å². The average Bonchev–Trinajstić information content (AvgIpc) is 3.25. The predicted molar refractivity (Wildman–Crippen MR) is 122 cm³/mol. The topological polar surface area (TPSA) is 76.6 Å². The van der Waals surface area contributed by atoms with Crippen molar-refractivity contribution in [2.75, 3.05) is 55.2 Å². The molecule has 1 aliphatic heterocycles. The lowest BCUT2D eigenvalue weighted by molar-refractivity contribution is 0.174. The molecule has 0 fully saturated rings. The lowest BCUT2D eigenvalue weighted by atomic mass is 10.1. The van der Waals surface area contributed by atoms with Crippen molar-refractivity contribution in [2.24, 2.45) is 4.99 Å². The zero-order valence-corrected chi connectivity index (χ0v) is 18.9. The van der Waals surface area contributed by atoms with Crippen LogP contribution in [0.1, 0.15) is 17.2 Å². The minimum atomic E-state index is 0.132. The maximum Gasteiger partial charge on any atom is 0.231 e. The second-order valence-corrected chi connectivity index (χ2v) is 7.41. The molecule has 168 valence electrons. The Labute approximate surface area is 184 Å². The Bertz CT molecular complexity index is 901. The van der Waals surface area contributed by atoms with E-state index in [4.69, 9.17) is 18.9 Å². The van der Waals surface area contributed by atoms with Crippen LogP contribution in [-0.4, -0.2) is 66.1 Å². The number of likely N-dealkylation sites (N-methyl/N-ethyl adjacent to an activating group) is 1. The number of rotatable bonds is 9. The highest BCUT2D eigenvalue weighted by Gasteiger charge is 2.17. The third-order valence-corrected chi connectivity index (χ3v) is 5.25. The molecule has 2 N–H and O–H groups in total. The molecule has 0 saturated carbocycles. The minimum absolute atomic E-state index is 0.132. The molecule has 1 heterocycles. The number of fused-ring (bicyclic) bond motifs is 1. The maximum atomic E-state index is 5.46. The monoisotopic (exact) mass is 428 g/mol. The summed E-state index contributed by atoms with van der Waals surface area (Å²) in [6, 6.07) is 12.2. The summed E-state index contributed by atoms with van der Waals surface area (Å²) in [5, 5.41) is 6.80. The van der Waals surface area contributed by atoms with Crippen LogP contribution < -0.4 is 29.6 Å². The molecule has 0 amide bonds. The highest BCUT2D eigenvalue weighted by Crippen LogP contribution is 2.33. The van der Waals surface area contributed by atoms with E-state index in [1.54, 1.807) is 21.3 Å². The van der Waals surface area contributed by atoms with Crippen LogP contribution in [0.3, 0.4) is 0 Å². The molecule has 3 rings (SSSR count). The van der Waals surface area contributed by atoms with Gasteiger partial charge in [0.05, 0.1) is 20.3 Å². The Kier molecular flexibility index (Phi) is 7.83. The molecule has 31 heavy (non-hydrogen) atoms. The first kappa shape index (κ1) is 22.6. The molecule has 0 saturated heterocycles. The molecule has 0 aromatic heterocycles. The Morgan fingerprint density at radius 1 is 1.03 bits per heavy atom. The standard InChI is InChI=1S/C23H32N4O4/c1-24-23(25-11-10-16-6-8-20-22(12-16)31-15-30-20)26-14-18(27(2)3)17-7-9-19(28-4)21(13-17)29-5/h6-9,12-13,18H,10-11,14-15H2,1-5H3,(H2,24,25,26). The number of aliphatic imine (C=N–C) groups is 1. The summed E-state index contributed by atoms with van der Waals surface area (Å²) >= 11 is 0. The SMILES string of the molecule is CN=C(NCCc1ccc2c(c1)OCO2)NCC(c1ccc(OC)c(OC)c1)N(C)C.